The molecule has 0 radical (unpaired) electrons. The zero-order valence-corrected chi connectivity index (χ0v) is 6.92. The number of nitrogens with zero attached hydrogens (tertiary/aromatic N) is 2. The number of esters is 1. The maximum atomic E-state index is 11.1. The van der Waals surface area contributed by atoms with Gasteiger partial charge in [-0.25, -0.2) is 14.8 Å². The summed E-state index contributed by atoms with van der Waals surface area (Å²) in [7, 11) is 0. The highest BCUT2D eigenvalue weighted by atomic mass is 16.5. The van der Waals surface area contributed by atoms with E-state index in [2.05, 4.69) is 9.97 Å². The summed E-state index contributed by atoms with van der Waals surface area (Å²) in [6, 6.07) is 0. The Hall–Kier alpha value is -1.45. The van der Waals surface area contributed by atoms with E-state index in [1.165, 1.54) is 0 Å². The van der Waals surface area contributed by atoms with Gasteiger partial charge in [0.05, 0.1) is 0 Å². The summed E-state index contributed by atoms with van der Waals surface area (Å²) in [6.45, 7) is 3.94. The second-order valence-corrected chi connectivity index (χ2v) is 2.76. The molecule has 0 bridgehead atoms. The number of fused-ring (bicyclic) bond motifs is 1. The second kappa shape index (κ2) is 2.27. The Morgan fingerprint density at radius 2 is 2.08 bits per heavy atom. The van der Waals surface area contributed by atoms with Crippen LogP contribution >= 0.6 is 0 Å². The third-order valence-corrected chi connectivity index (χ3v) is 1.87. The quantitative estimate of drug-likeness (QED) is 0.531. The minimum atomic E-state index is -0.335. The molecule has 0 aliphatic carbocycles. The molecule has 0 spiro atoms. The first kappa shape index (κ1) is 7.21. The number of hydrogen-bond acceptors (Lipinski definition) is 4. The van der Waals surface area contributed by atoms with Crippen LogP contribution in [0.4, 0.5) is 0 Å². The largest absolute Gasteiger partial charge is 0.456 e. The van der Waals surface area contributed by atoms with E-state index in [1.54, 1.807) is 6.92 Å². The summed E-state index contributed by atoms with van der Waals surface area (Å²) < 4.78 is 4.82. The van der Waals surface area contributed by atoms with Crippen LogP contribution < -0.4 is 0 Å². The Morgan fingerprint density at radius 1 is 1.33 bits per heavy atom. The van der Waals surface area contributed by atoms with Gasteiger partial charge in [0.1, 0.15) is 12.4 Å². The molecule has 0 fully saturated rings. The van der Waals surface area contributed by atoms with Crippen molar-refractivity contribution in [1.29, 1.82) is 0 Å². The molecule has 62 valence electrons. The van der Waals surface area contributed by atoms with Gasteiger partial charge in [0.2, 0.25) is 0 Å². The van der Waals surface area contributed by atoms with Crippen molar-refractivity contribution in [2.24, 2.45) is 0 Å². The van der Waals surface area contributed by atoms with Crippen molar-refractivity contribution < 1.29 is 9.53 Å². The molecule has 0 saturated heterocycles. The zero-order valence-electron chi connectivity index (χ0n) is 6.92. The van der Waals surface area contributed by atoms with E-state index in [4.69, 9.17) is 4.74 Å². The zero-order chi connectivity index (χ0) is 8.72. The van der Waals surface area contributed by atoms with Gasteiger partial charge < -0.3 is 4.74 Å². The maximum absolute atomic E-state index is 11.1. The maximum Gasteiger partial charge on any atom is 0.357 e. The van der Waals surface area contributed by atoms with Gasteiger partial charge in [-0.1, -0.05) is 0 Å². The Balaban J connectivity index is 2.68. The van der Waals surface area contributed by atoms with Gasteiger partial charge in [0.25, 0.3) is 0 Å². The van der Waals surface area contributed by atoms with E-state index in [1.807, 2.05) is 6.92 Å². The highest BCUT2D eigenvalue weighted by Gasteiger charge is 2.25. The topological polar surface area (TPSA) is 52.1 Å². The molecule has 4 nitrogen and oxygen atoms in total. The van der Waals surface area contributed by atoms with Gasteiger partial charge in [-0.3, -0.25) is 0 Å². The monoisotopic (exact) mass is 164 g/mol. The lowest BCUT2D eigenvalue weighted by Gasteiger charge is -1.98. The molecule has 2 heterocycles. The number of carbonyl (C=O) groups excluding carboxylic acids is 1. The Kier molecular flexibility index (Phi) is 1.36. The standard InChI is InChI=1S/C8H8N2O2/c1-4-6-3-12-8(11)7(6)10-5(2)9-4/h3H2,1-2H3. The lowest BCUT2D eigenvalue weighted by molar-refractivity contribution is 0.0530. The molecule has 1 aliphatic heterocycles. The summed E-state index contributed by atoms with van der Waals surface area (Å²) in [4.78, 5) is 19.2. The van der Waals surface area contributed by atoms with Crippen LogP contribution in [0.3, 0.4) is 0 Å². The molecule has 0 atom stereocenters. The van der Waals surface area contributed by atoms with E-state index >= 15 is 0 Å². The van der Waals surface area contributed by atoms with E-state index in [0.717, 1.165) is 11.3 Å². The summed E-state index contributed by atoms with van der Waals surface area (Å²) in [5.74, 6) is 0.281. The van der Waals surface area contributed by atoms with Gasteiger partial charge in [-0.05, 0) is 13.8 Å². The van der Waals surface area contributed by atoms with Crippen LogP contribution in [0.15, 0.2) is 0 Å². The molecule has 0 N–H and O–H groups in total. The number of rotatable bonds is 0. The van der Waals surface area contributed by atoms with Crippen molar-refractivity contribution in [1.82, 2.24) is 9.97 Å². The Bertz CT molecular complexity index is 360. The fourth-order valence-corrected chi connectivity index (χ4v) is 1.28. The number of cyclic esters (lactones) is 1. The van der Waals surface area contributed by atoms with Crippen LogP contribution in [0.2, 0.25) is 0 Å². The predicted molar refractivity (Wildman–Crippen MR) is 40.6 cm³/mol. The van der Waals surface area contributed by atoms with Crippen LogP contribution in [0, 0.1) is 13.8 Å². The molecular formula is C8H8N2O2. The molecule has 0 aromatic carbocycles. The number of aryl methyl sites for hydroxylation is 2. The van der Waals surface area contributed by atoms with Gasteiger partial charge in [-0.2, -0.15) is 0 Å². The van der Waals surface area contributed by atoms with Crippen molar-refractivity contribution in [2.45, 2.75) is 20.5 Å². The lowest BCUT2D eigenvalue weighted by atomic mass is 10.2. The molecule has 0 unspecified atom stereocenters. The highest BCUT2D eigenvalue weighted by Crippen LogP contribution is 2.19. The molecule has 0 saturated carbocycles. The number of carbonyl (C=O) groups is 1. The fraction of sp³-hybridized carbons (Fsp3) is 0.375. The lowest BCUT2D eigenvalue weighted by Crippen LogP contribution is -2.02. The van der Waals surface area contributed by atoms with E-state index in [9.17, 15) is 4.79 Å². The van der Waals surface area contributed by atoms with Crippen LogP contribution in [0.25, 0.3) is 0 Å². The normalized spacial score (nSPS) is 14.3. The fourth-order valence-electron chi connectivity index (χ4n) is 1.28. The van der Waals surface area contributed by atoms with Crippen LogP contribution in [-0.4, -0.2) is 15.9 Å². The first-order valence-electron chi connectivity index (χ1n) is 3.69. The third-order valence-electron chi connectivity index (χ3n) is 1.87. The van der Waals surface area contributed by atoms with Crippen molar-refractivity contribution >= 4 is 5.97 Å². The van der Waals surface area contributed by atoms with Crippen molar-refractivity contribution in [2.75, 3.05) is 0 Å². The van der Waals surface area contributed by atoms with E-state index in [0.29, 0.717) is 18.1 Å². The summed E-state index contributed by atoms with van der Waals surface area (Å²) >= 11 is 0. The minimum absolute atomic E-state index is 0.320. The average Bonchev–Trinajstić information content (AvgIpc) is 2.33. The highest BCUT2D eigenvalue weighted by molar-refractivity contribution is 5.91. The molecule has 0 amide bonds. The van der Waals surface area contributed by atoms with E-state index in [-0.39, 0.29) is 5.97 Å². The summed E-state index contributed by atoms with van der Waals surface area (Å²) in [5, 5.41) is 0. The van der Waals surface area contributed by atoms with Crippen molar-refractivity contribution in [3.05, 3.63) is 22.8 Å². The Labute approximate surface area is 69.6 Å². The Morgan fingerprint density at radius 3 is 2.83 bits per heavy atom. The SMILES string of the molecule is Cc1nc(C)c2c(n1)C(=O)OC2. The first-order chi connectivity index (χ1) is 5.68. The van der Waals surface area contributed by atoms with Gasteiger partial charge in [0.15, 0.2) is 5.69 Å². The summed E-state index contributed by atoms with van der Waals surface area (Å²) in [5.41, 5.74) is 2.09. The van der Waals surface area contributed by atoms with Gasteiger partial charge in [0, 0.05) is 11.3 Å². The molecule has 12 heavy (non-hydrogen) atoms. The molecular weight excluding hydrogens is 156 g/mol. The van der Waals surface area contributed by atoms with Crippen molar-refractivity contribution in [3.8, 4) is 0 Å². The number of aromatic nitrogens is 2. The smallest absolute Gasteiger partial charge is 0.357 e. The van der Waals surface area contributed by atoms with Crippen LogP contribution in [0.5, 0.6) is 0 Å². The predicted octanol–water partition coefficient (Wildman–Crippen LogP) is 0.764. The van der Waals surface area contributed by atoms with Gasteiger partial charge in [-0.15, -0.1) is 0 Å². The minimum Gasteiger partial charge on any atom is -0.456 e. The number of ether oxygens (including phenoxy) is 1. The summed E-state index contributed by atoms with van der Waals surface area (Å²) in [6.07, 6.45) is 0. The van der Waals surface area contributed by atoms with E-state index < -0.39 is 0 Å². The number of hydrogen-bond donors (Lipinski definition) is 0. The first-order valence-corrected chi connectivity index (χ1v) is 3.69. The van der Waals surface area contributed by atoms with Gasteiger partial charge >= 0.3 is 5.97 Å². The molecule has 2 rings (SSSR count). The molecule has 1 aliphatic rings. The van der Waals surface area contributed by atoms with Crippen LogP contribution in [0.1, 0.15) is 27.6 Å². The molecule has 4 heteroatoms. The third kappa shape index (κ3) is 0.879. The van der Waals surface area contributed by atoms with Crippen LogP contribution in [-0.2, 0) is 11.3 Å². The molecule has 1 aromatic rings. The second-order valence-electron chi connectivity index (χ2n) is 2.76. The average molecular weight is 164 g/mol. The van der Waals surface area contributed by atoms with Crippen molar-refractivity contribution in [3.63, 3.8) is 0 Å². The molecule has 1 aromatic heterocycles.